The first kappa shape index (κ1) is 15.8. The molecule has 1 amide bonds. The van der Waals surface area contributed by atoms with Crippen LogP contribution in [0.2, 0.25) is 0 Å². The van der Waals surface area contributed by atoms with Gasteiger partial charge in [-0.2, -0.15) is 0 Å². The van der Waals surface area contributed by atoms with E-state index in [2.05, 4.69) is 31.8 Å². The topological polar surface area (TPSA) is 29.4 Å². The summed E-state index contributed by atoms with van der Waals surface area (Å²) < 4.78 is 0. The number of amides is 1. The standard InChI is InChI=1S/C15H25NO/c1-5-6-7-8-9-10-11-12-13(2)14(3)15(17)16-4/h2-12H2,1H3. The normalized spacial score (nSPS) is 9.94. The molecule has 0 fully saturated rings. The van der Waals surface area contributed by atoms with E-state index in [0.29, 0.717) is 5.57 Å². The van der Waals surface area contributed by atoms with E-state index in [1.165, 1.54) is 38.5 Å². The van der Waals surface area contributed by atoms with E-state index in [0.717, 1.165) is 18.4 Å². The van der Waals surface area contributed by atoms with Gasteiger partial charge in [-0.25, -0.2) is 4.99 Å². The van der Waals surface area contributed by atoms with Crippen LogP contribution in [0, 0.1) is 0 Å². The summed E-state index contributed by atoms with van der Waals surface area (Å²) in [7, 11) is 0. The smallest absolute Gasteiger partial charge is 0.267 e. The minimum atomic E-state index is -0.349. The number of nitrogens with zero attached hydrogens (tertiary/aromatic N) is 1. The number of carbonyl (C=O) groups excluding carboxylic acids is 1. The van der Waals surface area contributed by atoms with Gasteiger partial charge in [0, 0.05) is 5.57 Å². The van der Waals surface area contributed by atoms with Crippen molar-refractivity contribution < 1.29 is 4.79 Å². The van der Waals surface area contributed by atoms with Crippen molar-refractivity contribution in [3.8, 4) is 0 Å². The minimum absolute atomic E-state index is 0.349. The molecule has 0 unspecified atom stereocenters. The molecule has 0 aliphatic heterocycles. The molecule has 0 saturated heterocycles. The molecule has 0 heterocycles. The maximum Gasteiger partial charge on any atom is 0.276 e. The SMILES string of the molecule is C=NC(=O)C(=C)C(=C)CCCCCCCCC. The Morgan fingerprint density at radius 1 is 1.00 bits per heavy atom. The quantitative estimate of drug-likeness (QED) is 0.238. The van der Waals surface area contributed by atoms with Gasteiger partial charge in [-0.1, -0.05) is 58.6 Å². The number of hydrogen-bond acceptors (Lipinski definition) is 1. The highest BCUT2D eigenvalue weighted by atomic mass is 16.1. The second-order valence-corrected chi connectivity index (χ2v) is 4.42. The molecule has 0 aromatic rings. The Bertz CT molecular complexity index is 279. The van der Waals surface area contributed by atoms with Crippen LogP contribution in [-0.4, -0.2) is 12.6 Å². The molecule has 0 aromatic carbocycles. The highest BCUT2D eigenvalue weighted by molar-refractivity contribution is 5.99. The number of unbranched alkanes of at least 4 members (excludes halogenated alkanes) is 6. The summed E-state index contributed by atoms with van der Waals surface area (Å²) in [6, 6.07) is 0. The Morgan fingerprint density at radius 2 is 1.53 bits per heavy atom. The third kappa shape index (κ3) is 7.67. The first-order valence-electron chi connectivity index (χ1n) is 6.51. The van der Waals surface area contributed by atoms with Gasteiger partial charge >= 0.3 is 0 Å². The van der Waals surface area contributed by atoms with E-state index in [1.54, 1.807) is 0 Å². The maximum absolute atomic E-state index is 11.2. The van der Waals surface area contributed by atoms with Gasteiger partial charge in [-0.15, -0.1) is 0 Å². The second kappa shape index (κ2) is 10.0. The van der Waals surface area contributed by atoms with Crippen molar-refractivity contribution in [2.45, 2.75) is 58.3 Å². The van der Waals surface area contributed by atoms with Crippen molar-refractivity contribution in [2.24, 2.45) is 4.99 Å². The van der Waals surface area contributed by atoms with Crippen molar-refractivity contribution >= 4 is 12.6 Å². The van der Waals surface area contributed by atoms with Gasteiger partial charge in [0.05, 0.1) is 0 Å². The molecule has 0 spiro atoms. The zero-order valence-corrected chi connectivity index (χ0v) is 11.1. The molecular weight excluding hydrogens is 210 g/mol. The summed E-state index contributed by atoms with van der Waals surface area (Å²) in [6.45, 7) is 13.0. The zero-order valence-electron chi connectivity index (χ0n) is 11.1. The average molecular weight is 235 g/mol. The van der Waals surface area contributed by atoms with Gasteiger partial charge in [0.25, 0.3) is 5.91 Å². The molecule has 17 heavy (non-hydrogen) atoms. The average Bonchev–Trinajstić information content (AvgIpc) is 2.35. The summed E-state index contributed by atoms with van der Waals surface area (Å²) in [5.41, 5.74) is 1.21. The van der Waals surface area contributed by atoms with Crippen LogP contribution >= 0.6 is 0 Å². The summed E-state index contributed by atoms with van der Waals surface area (Å²) >= 11 is 0. The summed E-state index contributed by atoms with van der Waals surface area (Å²) in [6.07, 6.45) is 9.66. The van der Waals surface area contributed by atoms with Crippen LogP contribution < -0.4 is 0 Å². The van der Waals surface area contributed by atoms with Crippen molar-refractivity contribution in [1.82, 2.24) is 0 Å². The van der Waals surface area contributed by atoms with Gasteiger partial charge in [0.2, 0.25) is 0 Å². The maximum atomic E-state index is 11.2. The molecule has 0 rings (SSSR count). The van der Waals surface area contributed by atoms with E-state index in [9.17, 15) is 4.79 Å². The van der Waals surface area contributed by atoms with Gasteiger partial charge in [-0.3, -0.25) is 4.79 Å². The van der Waals surface area contributed by atoms with E-state index in [-0.39, 0.29) is 5.91 Å². The van der Waals surface area contributed by atoms with E-state index in [1.807, 2.05) is 0 Å². The van der Waals surface area contributed by atoms with E-state index in [4.69, 9.17) is 0 Å². The Balaban J connectivity index is 3.55. The lowest BCUT2D eigenvalue weighted by Crippen LogP contribution is -1.99. The van der Waals surface area contributed by atoms with Crippen LogP contribution in [0.25, 0.3) is 0 Å². The molecule has 0 aliphatic carbocycles. The predicted octanol–water partition coefficient (Wildman–Crippen LogP) is 4.47. The Kier molecular flexibility index (Phi) is 9.31. The number of carbonyl (C=O) groups is 1. The van der Waals surface area contributed by atoms with Crippen molar-refractivity contribution in [3.63, 3.8) is 0 Å². The summed E-state index contributed by atoms with van der Waals surface area (Å²) in [5, 5.41) is 0. The Morgan fingerprint density at radius 3 is 2.06 bits per heavy atom. The second-order valence-electron chi connectivity index (χ2n) is 4.42. The van der Waals surface area contributed by atoms with Gasteiger partial charge in [-0.05, 0) is 25.1 Å². The number of aliphatic imine (C=N–C) groups is 1. The lowest BCUT2D eigenvalue weighted by molar-refractivity contribution is -0.114. The number of rotatable bonds is 10. The zero-order chi connectivity index (χ0) is 13.1. The highest BCUT2D eigenvalue weighted by Gasteiger charge is 2.07. The molecule has 0 radical (unpaired) electrons. The largest absolute Gasteiger partial charge is 0.276 e. The van der Waals surface area contributed by atoms with E-state index < -0.39 is 0 Å². The molecule has 0 N–H and O–H groups in total. The van der Waals surface area contributed by atoms with Crippen LogP contribution in [0.5, 0.6) is 0 Å². The molecule has 0 saturated carbocycles. The third-order valence-electron chi connectivity index (χ3n) is 2.91. The molecular formula is C15H25NO. The molecule has 0 bridgehead atoms. The molecule has 0 aliphatic rings. The van der Waals surface area contributed by atoms with Crippen molar-refractivity contribution in [2.75, 3.05) is 0 Å². The first-order valence-corrected chi connectivity index (χ1v) is 6.51. The molecule has 2 heteroatoms. The lowest BCUT2D eigenvalue weighted by Gasteiger charge is -2.05. The first-order chi connectivity index (χ1) is 8.13. The Hall–Kier alpha value is -1.18. The Labute approximate surface area is 106 Å². The fraction of sp³-hybridized carbons (Fsp3) is 0.600. The summed E-state index contributed by atoms with van der Waals surface area (Å²) in [5.74, 6) is -0.349. The van der Waals surface area contributed by atoms with Crippen LogP contribution in [-0.2, 0) is 4.79 Å². The molecule has 96 valence electrons. The predicted molar refractivity (Wildman–Crippen MR) is 75.4 cm³/mol. The van der Waals surface area contributed by atoms with Crippen LogP contribution in [0.15, 0.2) is 29.3 Å². The van der Waals surface area contributed by atoms with E-state index >= 15 is 0 Å². The summed E-state index contributed by atoms with van der Waals surface area (Å²) in [4.78, 5) is 14.5. The van der Waals surface area contributed by atoms with Crippen molar-refractivity contribution in [3.05, 3.63) is 24.3 Å². The third-order valence-corrected chi connectivity index (χ3v) is 2.91. The number of hydrogen-bond donors (Lipinski definition) is 0. The fourth-order valence-corrected chi connectivity index (χ4v) is 1.69. The van der Waals surface area contributed by atoms with Crippen LogP contribution in [0.3, 0.4) is 0 Å². The van der Waals surface area contributed by atoms with Gasteiger partial charge in [0.1, 0.15) is 0 Å². The molecule has 0 aromatic heterocycles. The van der Waals surface area contributed by atoms with Crippen LogP contribution in [0.4, 0.5) is 0 Å². The molecule has 0 atom stereocenters. The van der Waals surface area contributed by atoms with Crippen molar-refractivity contribution in [1.29, 1.82) is 0 Å². The molecule has 2 nitrogen and oxygen atoms in total. The van der Waals surface area contributed by atoms with Gasteiger partial charge in [0.15, 0.2) is 0 Å². The van der Waals surface area contributed by atoms with Crippen LogP contribution in [0.1, 0.15) is 58.3 Å². The van der Waals surface area contributed by atoms with Gasteiger partial charge < -0.3 is 0 Å². The highest BCUT2D eigenvalue weighted by Crippen LogP contribution is 2.16. The monoisotopic (exact) mass is 235 g/mol. The lowest BCUT2D eigenvalue weighted by atomic mass is 10.0. The fourth-order valence-electron chi connectivity index (χ4n) is 1.69. The minimum Gasteiger partial charge on any atom is -0.267 e.